The summed E-state index contributed by atoms with van der Waals surface area (Å²) in [5.74, 6) is 0.515. The first-order chi connectivity index (χ1) is 12.1. The summed E-state index contributed by atoms with van der Waals surface area (Å²) in [6.07, 6.45) is 0. The Bertz CT molecular complexity index is 832. The Morgan fingerprint density at radius 1 is 0.880 bits per heavy atom. The lowest BCUT2D eigenvalue weighted by atomic mass is 10.2. The highest BCUT2D eigenvalue weighted by Gasteiger charge is 2.05. The normalized spacial score (nSPS) is 10.5. The van der Waals surface area contributed by atoms with Gasteiger partial charge in [0.25, 0.3) is 0 Å². The van der Waals surface area contributed by atoms with Gasteiger partial charge in [-0.3, -0.25) is 0 Å². The van der Waals surface area contributed by atoms with Crippen LogP contribution in [0.5, 0.6) is 5.75 Å². The third kappa shape index (κ3) is 5.12. The second-order valence-corrected chi connectivity index (χ2v) is 6.41. The van der Waals surface area contributed by atoms with Crippen LogP contribution in [-0.4, -0.2) is 0 Å². The summed E-state index contributed by atoms with van der Waals surface area (Å²) >= 11 is 12.0. The molecule has 25 heavy (non-hydrogen) atoms. The molecule has 1 N–H and O–H groups in total. The molecule has 5 heteroatoms. The van der Waals surface area contributed by atoms with E-state index in [0.29, 0.717) is 23.2 Å². The van der Waals surface area contributed by atoms with E-state index in [2.05, 4.69) is 5.32 Å². The van der Waals surface area contributed by atoms with Gasteiger partial charge in [0.05, 0.1) is 0 Å². The van der Waals surface area contributed by atoms with Crippen molar-refractivity contribution in [3.05, 3.63) is 93.7 Å². The van der Waals surface area contributed by atoms with E-state index >= 15 is 0 Å². The number of ether oxygens (including phenoxy) is 1. The number of hydrogen-bond acceptors (Lipinski definition) is 2. The molecule has 0 aliphatic rings. The van der Waals surface area contributed by atoms with Gasteiger partial charge in [-0.1, -0.05) is 53.5 Å². The summed E-state index contributed by atoms with van der Waals surface area (Å²) < 4.78 is 18.8. The van der Waals surface area contributed by atoms with E-state index in [9.17, 15) is 4.39 Å². The van der Waals surface area contributed by atoms with E-state index in [1.165, 1.54) is 12.1 Å². The molecule has 0 saturated carbocycles. The van der Waals surface area contributed by atoms with Gasteiger partial charge in [-0.15, -0.1) is 0 Å². The van der Waals surface area contributed by atoms with Gasteiger partial charge in [0.2, 0.25) is 0 Å². The van der Waals surface area contributed by atoms with Gasteiger partial charge in [0.15, 0.2) is 0 Å². The Morgan fingerprint density at radius 2 is 1.56 bits per heavy atom. The number of para-hydroxylation sites is 1. The smallest absolute Gasteiger partial charge is 0.124 e. The van der Waals surface area contributed by atoms with Crippen molar-refractivity contribution in [3.63, 3.8) is 0 Å². The summed E-state index contributed by atoms with van der Waals surface area (Å²) in [7, 11) is 0. The molecule has 0 bridgehead atoms. The SMILES string of the molecule is Fc1ccc(COc2ccccc2CNc2cc(Cl)cc(Cl)c2)cc1. The maximum atomic E-state index is 13.0. The molecule has 0 atom stereocenters. The molecule has 0 amide bonds. The Labute approximate surface area is 156 Å². The van der Waals surface area contributed by atoms with Crippen LogP contribution in [0.1, 0.15) is 11.1 Å². The molecule has 0 heterocycles. The van der Waals surface area contributed by atoms with E-state index in [1.807, 2.05) is 36.4 Å². The van der Waals surface area contributed by atoms with Crippen molar-refractivity contribution in [1.82, 2.24) is 0 Å². The Morgan fingerprint density at radius 3 is 2.28 bits per heavy atom. The lowest BCUT2D eigenvalue weighted by molar-refractivity contribution is 0.303. The number of hydrogen-bond donors (Lipinski definition) is 1. The van der Waals surface area contributed by atoms with Crippen molar-refractivity contribution < 1.29 is 9.13 Å². The van der Waals surface area contributed by atoms with Gasteiger partial charge >= 0.3 is 0 Å². The molecule has 3 aromatic rings. The molecule has 0 radical (unpaired) electrons. The van der Waals surface area contributed by atoms with Crippen LogP contribution in [-0.2, 0) is 13.2 Å². The molecule has 128 valence electrons. The van der Waals surface area contributed by atoms with Crippen LogP contribution in [0.2, 0.25) is 10.0 Å². The molecule has 0 aliphatic heterocycles. The van der Waals surface area contributed by atoms with Crippen LogP contribution in [0.15, 0.2) is 66.7 Å². The van der Waals surface area contributed by atoms with Crippen molar-refractivity contribution in [3.8, 4) is 5.75 Å². The first-order valence-electron chi connectivity index (χ1n) is 7.75. The maximum absolute atomic E-state index is 13.0. The topological polar surface area (TPSA) is 21.3 Å². The molecular formula is C20H16Cl2FNO. The van der Waals surface area contributed by atoms with Crippen LogP contribution >= 0.6 is 23.2 Å². The largest absolute Gasteiger partial charge is 0.489 e. The molecule has 0 aliphatic carbocycles. The lowest BCUT2D eigenvalue weighted by Crippen LogP contribution is -2.03. The fourth-order valence-electron chi connectivity index (χ4n) is 2.39. The molecule has 3 rings (SSSR count). The van der Waals surface area contributed by atoms with E-state index in [0.717, 1.165) is 22.6 Å². The average molecular weight is 376 g/mol. The number of rotatable bonds is 6. The van der Waals surface area contributed by atoms with Crippen molar-refractivity contribution in [1.29, 1.82) is 0 Å². The summed E-state index contributed by atoms with van der Waals surface area (Å²) in [5, 5.41) is 4.45. The average Bonchev–Trinajstić information content (AvgIpc) is 2.59. The van der Waals surface area contributed by atoms with Crippen LogP contribution < -0.4 is 10.1 Å². The molecule has 0 saturated heterocycles. The Balaban J connectivity index is 1.67. The van der Waals surface area contributed by atoms with E-state index < -0.39 is 0 Å². The van der Waals surface area contributed by atoms with E-state index in [1.54, 1.807) is 18.2 Å². The molecule has 2 nitrogen and oxygen atoms in total. The monoisotopic (exact) mass is 375 g/mol. The highest BCUT2D eigenvalue weighted by atomic mass is 35.5. The van der Waals surface area contributed by atoms with Crippen molar-refractivity contribution >= 4 is 28.9 Å². The van der Waals surface area contributed by atoms with Crippen LogP contribution in [0, 0.1) is 5.82 Å². The zero-order chi connectivity index (χ0) is 17.6. The van der Waals surface area contributed by atoms with Gasteiger partial charge in [0.1, 0.15) is 18.2 Å². The highest BCUT2D eigenvalue weighted by molar-refractivity contribution is 6.35. The summed E-state index contributed by atoms with van der Waals surface area (Å²) in [6.45, 7) is 0.941. The Kier molecular flexibility index (Phi) is 5.79. The van der Waals surface area contributed by atoms with E-state index in [4.69, 9.17) is 27.9 Å². The van der Waals surface area contributed by atoms with Crippen molar-refractivity contribution in [2.24, 2.45) is 0 Å². The number of anilines is 1. The summed E-state index contributed by atoms with van der Waals surface area (Å²) in [6, 6.07) is 19.4. The third-order valence-electron chi connectivity index (χ3n) is 3.63. The van der Waals surface area contributed by atoms with Gasteiger partial charge in [0, 0.05) is 27.8 Å². The summed E-state index contributed by atoms with van der Waals surface area (Å²) in [5.41, 5.74) is 2.75. The van der Waals surface area contributed by atoms with Gasteiger partial charge in [-0.2, -0.15) is 0 Å². The molecule has 0 unspecified atom stereocenters. The second-order valence-electron chi connectivity index (χ2n) is 5.53. The lowest BCUT2D eigenvalue weighted by Gasteiger charge is -2.13. The van der Waals surface area contributed by atoms with Gasteiger partial charge in [-0.25, -0.2) is 4.39 Å². The van der Waals surface area contributed by atoms with Crippen molar-refractivity contribution in [2.75, 3.05) is 5.32 Å². The molecule has 0 fully saturated rings. The van der Waals surface area contributed by atoms with E-state index in [-0.39, 0.29) is 5.82 Å². The fraction of sp³-hybridized carbons (Fsp3) is 0.100. The maximum Gasteiger partial charge on any atom is 0.124 e. The summed E-state index contributed by atoms with van der Waals surface area (Å²) in [4.78, 5) is 0. The number of nitrogens with one attached hydrogen (secondary N) is 1. The standard InChI is InChI=1S/C20H16Cl2FNO/c21-16-9-17(22)11-19(10-16)24-12-15-3-1-2-4-20(15)25-13-14-5-7-18(23)8-6-14/h1-11,24H,12-13H2. The number of halogens is 3. The zero-order valence-corrected chi connectivity index (χ0v) is 14.8. The molecule has 3 aromatic carbocycles. The molecule has 0 spiro atoms. The predicted octanol–water partition coefficient (Wildman–Crippen LogP) is 6.32. The Hall–Kier alpha value is -2.23. The minimum Gasteiger partial charge on any atom is -0.489 e. The minimum atomic E-state index is -0.256. The van der Waals surface area contributed by atoms with Crippen LogP contribution in [0.3, 0.4) is 0 Å². The highest BCUT2D eigenvalue weighted by Crippen LogP contribution is 2.25. The first-order valence-corrected chi connectivity index (χ1v) is 8.51. The van der Waals surface area contributed by atoms with Gasteiger partial charge < -0.3 is 10.1 Å². The minimum absolute atomic E-state index is 0.256. The zero-order valence-electron chi connectivity index (χ0n) is 13.3. The van der Waals surface area contributed by atoms with Crippen LogP contribution in [0.25, 0.3) is 0 Å². The van der Waals surface area contributed by atoms with Crippen molar-refractivity contribution in [2.45, 2.75) is 13.2 Å². The van der Waals surface area contributed by atoms with Gasteiger partial charge in [-0.05, 0) is 42.0 Å². The third-order valence-corrected chi connectivity index (χ3v) is 4.06. The van der Waals surface area contributed by atoms with Crippen LogP contribution in [0.4, 0.5) is 10.1 Å². The molecule has 0 aromatic heterocycles. The second kappa shape index (κ2) is 8.24. The fourth-order valence-corrected chi connectivity index (χ4v) is 2.91. The predicted molar refractivity (Wildman–Crippen MR) is 101 cm³/mol. The first kappa shape index (κ1) is 17.6. The number of benzene rings is 3. The quantitative estimate of drug-likeness (QED) is 0.543. The molecular weight excluding hydrogens is 360 g/mol.